The smallest absolute Gasteiger partial charge is 0.256 e. The van der Waals surface area contributed by atoms with Crippen LogP contribution in [-0.2, 0) is 4.79 Å². The summed E-state index contributed by atoms with van der Waals surface area (Å²) in [6, 6.07) is 7.22. The molecule has 1 aliphatic heterocycles. The molecule has 0 unspecified atom stereocenters. The first kappa shape index (κ1) is 11.4. The molecule has 4 N–H and O–H groups in total. The zero-order valence-electron chi connectivity index (χ0n) is 10.4. The van der Waals surface area contributed by atoms with Gasteiger partial charge in [-0.15, -0.1) is 0 Å². The van der Waals surface area contributed by atoms with Crippen LogP contribution in [0.1, 0.15) is 11.3 Å². The second kappa shape index (κ2) is 4.20. The molecule has 5 heteroatoms. The first-order valence-electron chi connectivity index (χ1n) is 5.84. The van der Waals surface area contributed by atoms with Crippen molar-refractivity contribution in [3.05, 3.63) is 41.7 Å². The molecule has 2 heterocycles. The number of anilines is 2. The minimum atomic E-state index is -0.162. The third-order valence-electron chi connectivity index (χ3n) is 3.11. The van der Waals surface area contributed by atoms with Crippen molar-refractivity contribution in [2.45, 2.75) is 0 Å². The van der Waals surface area contributed by atoms with E-state index in [4.69, 9.17) is 10.5 Å². The Bertz CT molecular complexity index is 686. The predicted octanol–water partition coefficient (Wildman–Crippen LogP) is 2.10. The molecule has 19 heavy (non-hydrogen) atoms. The highest BCUT2D eigenvalue weighted by Gasteiger charge is 2.26. The highest BCUT2D eigenvalue weighted by molar-refractivity contribution is 6.36. The van der Waals surface area contributed by atoms with Crippen LogP contribution in [0.5, 0.6) is 5.75 Å². The largest absolute Gasteiger partial charge is 0.495 e. The summed E-state index contributed by atoms with van der Waals surface area (Å²) in [5.74, 6) is 0.521. The Kier molecular flexibility index (Phi) is 2.52. The van der Waals surface area contributed by atoms with Gasteiger partial charge in [-0.25, -0.2) is 0 Å². The number of H-pyrrole nitrogens is 1. The number of carbonyl (C=O) groups is 1. The lowest BCUT2D eigenvalue weighted by atomic mass is 10.0. The Balaban J connectivity index is 2.15. The maximum atomic E-state index is 12.0. The quantitative estimate of drug-likeness (QED) is 0.568. The van der Waals surface area contributed by atoms with Crippen molar-refractivity contribution in [3.63, 3.8) is 0 Å². The van der Waals surface area contributed by atoms with Gasteiger partial charge < -0.3 is 20.8 Å². The van der Waals surface area contributed by atoms with E-state index in [1.807, 2.05) is 12.1 Å². The summed E-state index contributed by atoms with van der Waals surface area (Å²) in [6.07, 6.45) is 3.50. The molecule has 0 fully saturated rings. The van der Waals surface area contributed by atoms with Crippen LogP contribution in [0.2, 0.25) is 0 Å². The number of benzene rings is 1. The molecule has 0 spiro atoms. The zero-order valence-corrected chi connectivity index (χ0v) is 10.4. The van der Waals surface area contributed by atoms with E-state index in [9.17, 15) is 4.79 Å². The van der Waals surface area contributed by atoms with Crippen LogP contribution in [0.15, 0.2) is 30.5 Å². The third kappa shape index (κ3) is 1.76. The number of fused-ring (bicyclic) bond motifs is 1. The Morgan fingerprint density at radius 1 is 1.32 bits per heavy atom. The second-order valence-electron chi connectivity index (χ2n) is 4.24. The van der Waals surface area contributed by atoms with Crippen molar-refractivity contribution in [1.29, 1.82) is 0 Å². The van der Waals surface area contributed by atoms with E-state index in [1.54, 1.807) is 31.5 Å². The van der Waals surface area contributed by atoms with Gasteiger partial charge in [0.25, 0.3) is 5.91 Å². The van der Waals surface area contributed by atoms with E-state index in [0.29, 0.717) is 17.0 Å². The molecule has 2 aromatic rings. The van der Waals surface area contributed by atoms with Crippen LogP contribution >= 0.6 is 0 Å². The van der Waals surface area contributed by atoms with E-state index in [-0.39, 0.29) is 5.91 Å². The zero-order chi connectivity index (χ0) is 13.4. The van der Waals surface area contributed by atoms with E-state index < -0.39 is 0 Å². The van der Waals surface area contributed by atoms with Gasteiger partial charge in [-0.3, -0.25) is 4.79 Å². The molecule has 96 valence electrons. The van der Waals surface area contributed by atoms with E-state index in [0.717, 1.165) is 16.9 Å². The summed E-state index contributed by atoms with van der Waals surface area (Å²) in [4.78, 5) is 15.1. The number of carbonyl (C=O) groups excluding carboxylic acids is 1. The normalized spacial score (nSPS) is 15.4. The van der Waals surface area contributed by atoms with Crippen LogP contribution in [0.4, 0.5) is 11.4 Å². The van der Waals surface area contributed by atoms with E-state index >= 15 is 0 Å². The number of hydrogen-bond acceptors (Lipinski definition) is 3. The van der Waals surface area contributed by atoms with Crippen molar-refractivity contribution in [2.24, 2.45) is 0 Å². The van der Waals surface area contributed by atoms with Crippen LogP contribution < -0.4 is 15.8 Å². The standard InChI is InChI=1S/C14H13N3O2/c1-19-12-5-6-16-11(12)7-8-13-9(15)3-2-4-10(13)17-14(8)18/h2-7,16H,15H2,1H3,(H,17,18)/b8-7-. The Labute approximate surface area is 110 Å². The number of hydrogen-bond donors (Lipinski definition) is 3. The van der Waals surface area contributed by atoms with Gasteiger partial charge >= 0.3 is 0 Å². The number of nitrogens with two attached hydrogens (primary N) is 1. The third-order valence-corrected chi connectivity index (χ3v) is 3.11. The fourth-order valence-electron chi connectivity index (χ4n) is 2.22. The fraction of sp³-hybridized carbons (Fsp3) is 0.0714. The Hall–Kier alpha value is -2.69. The van der Waals surface area contributed by atoms with Gasteiger partial charge in [-0.05, 0) is 24.3 Å². The van der Waals surface area contributed by atoms with Crippen LogP contribution in [-0.4, -0.2) is 18.0 Å². The van der Waals surface area contributed by atoms with Gasteiger partial charge in [-0.1, -0.05) is 6.07 Å². The average Bonchev–Trinajstić information content (AvgIpc) is 2.96. The Morgan fingerprint density at radius 2 is 2.16 bits per heavy atom. The van der Waals surface area contributed by atoms with E-state index in [1.165, 1.54) is 0 Å². The minimum Gasteiger partial charge on any atom is -0.495 e. The number of ether oxygens (including phenoxy) is 1. The number of nitrogens with one attached hydrogen (secondary N) is 2. The molecule has 1 aromatic heterocycles. The summed E-state index contributed by atoms with van der Waals surface area (Å²) < 4.78 is 5.21. The summed E-state index contributed by atoms with van der Waals surface area (Å²) in [6.45, 7) is 0. The molecule has 1 amide bonds. The first-order valence-corrected chi connectivity index (χ1v) is 5.84. The van der Waals surface area contributed by atoms with Crippen LogP contribution in [0, 0.1) is 0 Å². The van der Waals surface area contributed by atoms with Gasteiger partial charge in [0.05, 0.1) is 24.1 Å². The highest BCUT2D eigenvalue weighted by atomic mass is 16.5. The summed E-state index contributed by atoms with van der Waals surface area (Å²) in [7, 11) is 1.59. The molecule has 0 saturated carbocycles. The molecule has 0 aliphatic carbocycles. The highest BCUT2D eigenvalue weighted by Crippen LogP contribution is 2.37. The molecule has 0 bridgehead atoms. The maximum absolute atomic E-state index is 12.0. The summed E-state index contributed by atoms with van der Waals surface area (Å²) in [5, 5.41) is 2.80. The van der Waals surface area contributed by atoms with Crippen molar-refractivity contribution in [3.8, 4) is 5.75 Å². The van der Waals surface area contributed by atoms with Gasteiger partial charge in [0.2, 0.25) is 0 Å². The van der Waals surface area contributed by atoms with Gasteiger partial charge in [0, 0.05) is 17.4 Å². The molecule has 0 radical (unpaired) electrons. The first-order chi connectivity index (χ1) is 9.20. The van der Waals surface area contributed by atoms with Crippen molar-refractivity contribution in [1.82, 2.24) is 4.98 Å². The molecule has 1 aliphatic rings. The number of rotatable bonds is 2. The fourth-order valence-corrected chi connectivity index (χ4v) is 2.22. The summed E-state index contributed by atoms with van der Waals surface area (Å²) in [5.41, 5.74) is 9.28. The number of aromatic nitrogens is 1. The van der Waals surface area contributed by atoms with Crippen LogP contribution in [0.25, 0.3) is 11.6 Å². The lowest BCUT2D eigenvalue weighted by Crippen LogP contribution is -2.03. The molecule has 3 rings (SSSR count). The van der Waals surface area contributed by atoms with Crippen molar-refractivity contribution < 1.29 is 9.53 Å². The van der Waals surface area contributed by atoms with Crippen molar-refractivity contribution in [2.75, 3.05) is 18.2 Å². The van der Waals surface area contributed by atoms with Crippen molar-refractivity contribution >= 4 is 28.9 Å². The van der Waals surface area contributed by atoms with Gasteiger partial charge in [0.1, 0.15) is 5.75 Å². The minimum absolute atomic E-state index is 0.162. The average molecular weight is 255 g/mol. The lowest BCUT2D eigenvalue weighted by Gasteiger charge is -2.03. The molecule has 1 aromatic carbocycles. The number of nitrogen functional groups attached to an aromatic ring is 1. The van der Waals surface area contributed by atoms with Gasteiger partial charge in [-0.2, -0.15) is 0 Å². The molecular formula is C14H13N3O2. The molecule has 0 saturated heterocycles. The van der Waals surface area contributed by atoms with Gasteiger partial charge in [0.15, 0.2) is 0 Å². The monoisotopic (exact) mass is 255 g/mol. The number of methoxy groups -OCH3 is 1. The lowest BCUT2D eigenvalue weighted by molar-refractivity contribution is -0.110. The van der Waals surface area contributed by atoms with E-state index in [2.05, 4.69) is 10.3 Å². The maximum Gasteiger partial charge on any atom is 0.256 e. The number of aromatic amines is 1. The molecule has 0 atom stereocenters. The summed E-state index contributed by atoms with van der Waals surface area (Å²) >= 11 is 0. The second-order valence-corrected chi connectivity index (χ2v) is 4.24. The van der Waals surface area contributed by atoms with Crippen LogP contribution in [0.3, 0.4) is 0 Å². The SMILES string of the molecule is COc1cc[nH]c1/C=C1\C(=O)Nc2cccc(N)c21. The Morgan fingerprint density at radius 3 is 2.95 bits per heavy atom. The number of amides is 1. The molecular weight excluding hydrogens is 242 g/mol. The predicted molar refractivity (Wildman–Crippen MR) is 74.7 cm³/mol. The topological polar surface area (TPSA) is 80.1 Å². The molecule has 5 nitrogen and oxygen atoms in total.